The summed E-state index contributed by atoms with van der Waals surface area (Å²) in [6.45, 7) is 5.41. The standard InChI is InChI=1S/C15H13NO4/c1-4-19-14(17)12-8(2)7-10-11(5-6-16)20-15(18)13(10)9(12)3/h5,7H,4H2,1-3H3/b11-5+. The SMILES string of the molecule is CCOC(=O)c1c(C)cc2c(c1C)C(=O)O/C2=C/C#N. The van der Waals surface area contributed by atoms with Crippen LogP contribution in [-0.4, -0.2) is 18.5 Å². The Morgan fingerprint density at radius 2 is 2.20 bits per heavy atom. The minimum absolute atomic E-state index is 0.217. The molecule has 5 nitrogen and oxygen atoms in total. The summed E-state index contributed by atoms with van der Waals surface area (Å²) in [7, 11) is 0. The van der Waals surface area contributed by atoms with Crippen LogP contribution in [0.15, 0.2) is 12.1 Å². The number of aryl methyl sites for hydroxylation is 1. The van der Waals surface area contributed by atoms with Crippen molar-refractivity contribution in [2.45, 2.75) is 20.8 Å². The lowest BCUT2D eigenvalue weighted by molar-refractivity contribution is 0.0524. The van der Waals surface area contributed by atoms with Crippen LogP contribution in [-0.2, 0) is 9.47 Å². The van der Waals surface area contributed by atoms with Crippen LogP contribution < -0.4 is 0 Å². The Morgan fingerprint density at radius 1 is 1.50 bits per heavy atom. The third kappa shape index (κ3) is 2.05. The van der Waals surface area contributed by atoms with Gasteiger partial charge in [0, 0.05) is 5.56 Å². The van der Waals surface area contributed by atoms with Crippen LogP contribution in [0.4, 0.5) is 0 Å². The van der Waals surface area contributed by atoms with E-state index in [1.165, 1.54) is 6.08 Å². The second-order valence-corrected chi connectivity index (χ2v) is 4.36. The van der Waals surface area contributed by atoms with Crippen LogP contribution in [0.3, 0.4) is 0 Å². The number of cyclic esters (lactones) is 1. The van der Waals surface area contributed by atoms with Crippen LogP contribution in [0.1, 0.15) is 44.3 Å². The van der Waals surface area contributed by atoms with Gasteiger partial charge in [-0.25, -0.2) is 9.59 Å². The van der Waals surface area contributed by atoms with Crippen molar-refractivity contribution in [3.8, 4) is 6.07 Å². The van der Waals surface area contributed by atoms with E-state index in [0.29, 0.717) is 27.8 Å². The number of nitrogens with zero attached hydrogens (tertiary/aromatic N) is 1. The van der Waals surface area contributed by atoms with Gasteiger partial charge < -0.3 is 9.47 Å². The first kappa shape index (κ1) is 13.8. The normalized spacial score (nSPS) is 14.7. The lowest BCUT2D eigenvalue weighted by Crippen LogP contribution is -2.12. The van der Waals surface area contributed by atoms with E-state index in [-0.39, 0.29) is 12.4 Å². The maximum atomic E-state index is 12.0. The molecular formula is C15H13NO4. The fourth-order valence-corrected chi connectivity index (χ4v) is 2.33. The Labute approximate surface area is 116 Å². The zero-order valence-electron chi connectivity index (χ0n) is 11.4. The van der Waals surface area contributed by atoms with Gasteiger partial charge in [0.05, 0.1) is 29.9 Å². The summed E-state index contributed by atoms with van der Waals surface area (Å²) in [6.07, 6.45) is 1.17. The van der Waals surface area contributed by atoms with E-state index >= 15 is 0 Å². The lowest BCUT2D eigenvalue weighted by atomic mass is 9.93. The van der Waals surface area contributed by atoms with Gasteiger partial charge in [0.2, 0.25) is 0 Å². The number of allylic oxidation sites excluding steroid dienone is 1. The number of rotatable bonds is 2. The number of hydrogen-bond acceptors (Lipinski definition) is 5. The van der Waals surface area contributed by atoms with E-state index in [9.17, 15) is 9.59 Å². The van der Waals surface area contributed by atoms with Gasteiger partial charge in [-0.3, -0.25) is 0 Å². The lowest BCUT2D eigenvalue weighted by Gasteiger charge is -2.11. The molecule has 0 N–H and O–H groups in total. The molecule has 0 radical (unpaired) electrons. The molecule has 0 aromatic heterocycles. The van der Waals surface area contributed by atoms with Gasteiger partial charge in [0.25, 0.3) is 0 Å². The van der Waals surface area contributed by atoms with Crippen molar-refractivity contribution in [2.75, 3.05) is 6.61 Å². The largest absolute Gasteiger partial charge is 0.462 e. The van der Waals surface area contributed by atoms with Crippen molar-refractivity contribution in [1.29, 1.82) is 5.26 Å². The molecule has 0 bridgehead atoms. The number of esters is 2. The molecule has 1 aromatic carbocycles. The molecule has 1 aliphatic rings. The van der Waals surface area contributed by atoms with Crippen molar-refractivity contribution in [3.63, 3.8) is 0 Å². The monoisotopic (exact) mass is 271 g/mol. The molecule has 20 heavy (non-hydrogen) atoms. The molecule has 0 amide bonds. The predicted molar refractivity (Wildman–Crippen MR) is 70.9 cm³/mol. The maximum absolute atomic E-state index is 12.0. The van der Waals surface area contributed by atoms with E-state index in [2.05, 4.69) is 0 Å². The van der Waals surface area contributed by atoms with Gasteiger partial charge >= 0.3 is 11.9 Å². The van der Waals surface area contributed by atoms with E-state index in [1.54, 1.807) is 26.8 Å². The zero-order chi connectivity index (χ0) is 14.9. The van der Waals surface area contributed by atoms with Gasteiger partial charge in [-0.05, 0) is 38.0 Å². The molecule has 0 spiro atoms. The van der Waals surface area contributed by atoms with Crippen LogP contribution in [0.25, 0.3) is 5.76 Å². The molecule has 1 aliphatic heterocycles. The summed E-state index contributed by atoms with van der Waals surface area (Å²) in [6, 6.07) is 3.51. The van der Waals surface area contributed by atoms with Gasteiger partial charge in [0.1, 0.15) is 5.76 Å². The molecule has 5 heteroatoms. The highest BCUT2D eigenvalue weighted by Crippen LogP contribution is 2.35. The Hall–Kier alpha value is -2.61. The van der Waals surface area contributed by atoms with Crippen LogP contribution >= 0.6 is 0 Å². The summed E-state index contributed by atoms with van der Waals surface area (Å²) in [5.41, 5.74) is 2.44. The molecule has 0 saturated carbocycles. The molecule has 0 fully saturated rings. The number of carbonyl (C=O) groups excluding carboxylic acids is 2. The number of fused-ring (bicyclic) bond motifs is 1. The Bertz CT molecular complexity index is 680. The molecule has 0 unspecified atom stereocenters. The molecule has 102 valence electrons. The molecule has 0 atom stereocenters. The van der Waals surface area contributed by atoms with Crippen molar-refractivity contribution in [3.05, 3.63) is 40.0 Å². The topological polar surface area (TPSA) is 76.4 Å². The van der Waals surface area contributed by atoms with Crippen molar-refractivity contribution in [1.82, 2.24) is 0 Å². The molecule has 1 heterocycles. The van der Waals surface area contributed by atoms with Crippen molar-refractivity contribution < 1.29 is 19.1 Å². The van der Waals surface area contributed by atoms with E-state index < -0.39 is 11.9 Å². The molecule has 0 aliphatic carbocycles. The Balaban J connectivity index is 2.67. The smallest absolute Gasteiger partial charge is 0.344 e. The van der Waals surface area contributed by atoms with Gasteiger partial charge in [-0.2, -0.15) is 5.26 Å². The maximum Gasteiger partial charge on any atom is 0.344 e. The number of benzene rings is 1. The Morgan fingerprint density at radius 3 is 2.80 bits per heavy atom. The summed E-state index contributed by atoms with van der Waals surface area (Å²) >= 11 is 0. The third-order valence-corrected chi connectivity index (χ3v) is 3.12. The molecule has 2 rings (SSSR count). The average molecular weight is 271 g/mol. The minimum Gasteiger partial charge on any atom is -0.462 e. The zero-order valence-corrected chi connectivity index (χ0v) is 11.4. The quantitative estimate of drug-likeness (QED) is 0.610. The highest BCUT2D eigenvalue weighted by molar-refractivity contribution is 6.07. The molecular weight excluding hydrogens is 258 g/mol. The van der Waals surface area contributed by atoms with Crippen molar-refractivity contribution >= 4 is 17.7 Å². The van der Waals surface area contributed by atoms with Crippen LogP contribution in [0.5, 0.6) is 0 Å². The third-order valence-electron chi connectivity index (χ3n) is 3.12. The van der Waals surface area contributed by atoms with Gasteiger partial charge in [-0.1, -0.05) is 0 Å². The summed E-state index contributed by atoms with van der Waals surface area (Å²) < 4.78 is 10.1. The fraction of sp³-hybridized carbons (Fsp3) is 0.267. The highest BCUT2D eigenvalue weighted by atomic mass is 16.5. The van der Waals surface area contributed by atoms with E-state index in [4.69, 9.17) is 14.7 Å². The van der Waals surface area contributed by atoms with Crippen molar-refractivity contribution in [2.24, 2.45) is 0 Å². The number of nitriles is 1. The number of hydrogen-bond donors (Lipinski definition) is 0. The van der Waals surface area contributed by atoms with Gasteiger partial charge in [-0.15, -0.1) is 0 Å². The summed E-state index contributed by atoms with van der Waals surface area (Å²) in [5, 5.41) is 8.70. The molecule has 1 aromatic rings. The fourth-order valence-electron chi connectivity index (χ4n) is 2.33. The predicted octanol–water partition coefficient (Wildman–Crippen LogP) is 2.52. The first-order valence-corrected chi connectivity index (χ1v) is 6.14. The second kappa shape index (κ2) is 5.17. The first-order chi connectivity index (χ1) is 9.51. The Kier molecular flexibility index (Phi) is 3.57. The minimum atomic E-state index is -0.551. The molecule has 0 saturated heterocycles. The first-order valence-electron chi connectivity index (χ1n) is 6.14. The van der Waals surface area contributed by atoms with Crippen LogP contribution in [0, 0.1) is 25.2 Å². The van der Waals surface area contributed by atoms with Crippen LogP contribution in [0.2, 0.25) is 0 Å². The second-order valence-electron chi connectivity index (χ2n) is 4.36. The van der Waals surface area contributed by atoms with E-state index in [0.717, 1.165) is 0 Å². The highest BCUT2D eigenvalue weighted by Gasteiger charge is 2.32. The summed E-state index contributed by atoms with van der Waals surface area (Å²) in [4.78, 5) is 23.8. The number of ether oxygens (including phenoxy) is 2. The number of carbonyl (C=O) groups is 2. The summed E-state index contributed by atoms with van der Waals surface area (Å²) in [5.74, 6) is -0.797. The van der Waals surface area contributed by atoms with E-state index in [1.807, 2.05) is 6.07 Å². The average Bonchev–Trinajstić information content (AvgIpc) is 2.67. The van der Waals surface area contributed by atoms with Gasteiger partial charge in [0.15, 0.2) is 0 Å².